The Labute approximate surface area is 107 Å². The predicted octanol–water partition coefficient (Wildman–Crippen LogP) is 4.26. The summed E-state index contributed by atoms with van der Waals surface area (Å²) < 4.78 is 6.73. The van der Waals surface area contributed by atoms with E-state index in [1.54, 1.807) is 0 Å². The quantitative estimate of drug-likeness (QED) is 0.401. The molecular formula is C11H22ClIO. The molecule has 1 unspecified atom stereocenters. The molecule has 0 radical (unpaired) electrons. The van der Waals surface area contributed by atoms with Crippen LogP contribution in [0.5, 0.6) is 0 Å². The molecule has 0 aliphatic rings. The van der Waals surface area contributed by atoms with Crippen LogP contribution in [0.4, 0.5) is 0 Å². The van der Waals surface area contributed by atoms with Crippen LogP contribution < -0.4 is 0 Å². The summed E-state index contributed by atoms with van der Waals surface area (Å²) in [5, 5.41) is 0. The zero-order chi connectivity index (χ0) is 11.2. The van der Waals surface area contributed by atoms with Gasteiger partial charge in [0.25, 0.3) is 0 Å². The average Bonchev–Trinajstić information content (AvgIpc) is 2.11. The van der Waals surface area contributed by atoms with Crippen LogP contribution in [0, 0.1) is 5.41 Å². The smallest absolute Gasteiger partial charge is 0.0878 e. The molecule has 0 aromatic carbocycles. The van der Waals surface area contributed by atoms with Crippen molar-refractivity contribution in [2.45, 2.75) is 46.1 Å². The molecule has 14 heavy (non-hydrogen) atoms. The summed E-state index contributed by atoms with van der Waals surface area (Å²) in [4.78, 5) is 0. The summed E-state index contributed by atoms with van der Waals surface area (Å²) in [6, 6.07) is 0. The lowest BCUT2D eigenvalue weighted by Crippen LogP contribution is -2.33. The van der Waals surface area contributed by atoms with Gasteiger partial charge in [-0.05, 0) is 25.2 Å². The highest BCUT2D eigenvalue weighted by atomic mass is 127. The number of halogens is 2. The lowest BCUT2D eigenvalue weighted by Gasteiger charge is -2.26. The van der Waals surface area contributed by atoms with Crippen LogP contribution in [0.1, 0.15) is 40.5 Å². The van der Waals surface area contributed by atoms with E-state index in [9.17, 15) is 0 Å². The third kappa shape index (κ3) is 7.30. The Balaban J connectivity index is 3.63. The normalized spacial score (nSPS) is 16.7. The van der Waals surface area contributed by atoms with Crippen molar-refractivity contribution < 1.29 is 4.74 Å². The fourth-order valence-corrected chi connectivity index (χ4v) is 2.01. The molecule has 0 aliphatic carbocycles. The molecule has 0 amide bonds. The van der Waals surface area contributed by atoms with Crippen LogP contribution >= 0.6 is 34.2 Å². The van der Waals surface area contributed by atoms with E-state index in [1.807, 2.05) is 0 Å². The molecule has 0 heterocycles. The van der Waals surface area contributed by atoms with Crippen LogP contribution in [-0.2, 0) is 4.74 Å². The second-order valence-corrected chi connectivity index (χ2v) is 6.26. The van der Waals surface area contributed by atoms with Crippen LogP contribution in [0.15, 0.2) is 0 Å². The molecule has 0 fully saturated rings. The number of hydrogen-bond donors (Lipinski definition) is 0. The molecule has 86 valence electrons. The maximum atomic E-state index is 5.85. The van der Waals surface area contributed by atoms with Gasteiger partial charge in [0.05, 0.1) is 11.5 Å². The van der Waals surface area contributed by atoms with Crippen molar-refractivity contribution in [2.75, 3.05) is 16.9 Å². The third-order valence-electron chi connectivity index (χ3n) is 2.09. The second kappa shape index (κ2) is 6.54. The Bertz CT molecular complexity index is 150. The molecule has 0 saturated carbocycles. The van der Waals surface area contributed by atoms with Crippen molar-refractivity contribution >= 4 is 34.2 Å². The van der Waals surface area contributed by atoms with E-state index in [0.29, 0.717) is 11.3 Å². The highest BCUT2D eigenvalue weighted by Crippen LogP contribution is 2.22. The minimum absolute atomic E-state index is 0.139. The Morgan fingerprint density at radius 2 is 1.79 bits per heavy atom. The van der Waals surface area contributed by atoms with Crippen molar-refractivity contribution in [1.29, 1.82) is 0 Å². The first-order chi connectivity index (χ1) is 6.33. The summed E-state index contributed by atoms with van der Waals surface area (Å²) in [6.45, 7) is 9.66. The molecule has 0 saturated heterocycles. The van der Waals surface area contributed by atoms with Crippen LogP contribution in [0.2, 0.25) is 0 Å². The summed E-state index contributed by atoms with van der Waals surface area (Å²) in [5.41, 5.74) is 0.269. The minimum atomic E-state index is -0.139. The van der Waals surface area contributed by atoms with Gasteiger partial charge in [0.1, 0.15) is 0 Å². The maximum absolute atomic E-state index is 5.85. The van der Waals surface area contributed by atoms with Gasteiger partial charge in [0, 0.05) is 11.0 Å². The van der Waals surface area contributed by atoms with Crippen molar-refractivity contribution in [3.05, 3.63) is 0 Å². The molecule has 0 bridgehead atoms. The monoisotopic (exact) mass is 332 g/mol. The molecule has 0 aliphatic heterocycles. The zero-order valence-electron chi connectivity index (χ0n) is 9.70. The summed E-state index contributed by atoms with van der Waals surface area (Å²) in [5.74, 6) is 0.575. The lowest BCUT2D eigenvalue weighted by molar-refractivity contribution is 0.00117. The predicted molar refractivity (Wildman–Crippen MR) is 72.7 cm³/mol. The van der Waals surface area contributed by atoms with Gasteiger partial charge in [-0.25, -0.2) is 0 Å². The van der Waals surface area contributed by atoms with Crippen LogP contribution in [-0.4, -0.2) is 22.5 Å². The summed E-state index contributed by atoms with van der Waals surface area (Å²) in [7, 11) is 0. The molecule has 0 aromatic rings. The lowest BCUT2D eigenvalue weighted by atomic mass is 9.91. The average molecular weight is 333 g/mol. The van der Waals surface area contributed by atoms with Crippen molar-refractivity contribution in [2.24, 2.45) is 5.41 Å². The van der Waals surface area contributed by atoms with Gasteiger partial charge < -0.3 is 4.74 Å². The number of hydrogen-bond acceptors (Lipinski definition) is 1. The van der Waals surface area contributed by atoms with Crippen LogP contribution in [0.25, 0.3) is 0 Å². The molecule has 0 aromatic heterocycles. The van der Waals surface area contributed by atoms with Gasteiger partial charge in [0.15, 0.2) is 0 Å². The van der Waals surface area contributed by atoms with Gasteiger partial charge in [-0.1, -0.05) is 43.4 Å². The molecule has 3 heteroatoms. The molecule has 1 atom stereocenters. The first kappa shape index (κ1) is 15.0. The van der Waals surface area contributed by atoms with Gasteiger partial charge in [-0.3, -0.25) is 0 Å². The fourth-order valence-electron chi connectivity index (χ4n) is 1.03. The van der Waals surface area contributed by atoms with Crippen molar-refractivity contribution in [3.63, 3.8) is 0 Å². The van der Waals surface area contributed by atoms with E-state index in [4.69, 9.17) is 16.3 Å². The molecule has 0 N–H and O–H groups in total. The van der Waals surface area contributed by atoms with E-state index in [0.717, 1.165) is 17.5 Å². The molecular weight excluding hydrogens is 310 g/mol. The van der Waals surface area contributed by atoms with Crippen LogP contribution in [0.3, 0.4) is 0 Å². The highest BCUT2D eigenvalue weighted by Gasteiger charge is 2.22. The van der Waals surface area contributed by atoms with E-state index >= 15 is 0 Å². The molecule has 0 spiro atoms. The SMILES string of the molecule is CC(C)(C)CCCOC(C)(CCl)CI. The Kier molecular flexibility index (Phi) is 7.00. The number of ether oxygens (including phenoxy) is 1. The van der Waals surface area contributed by atoms with Gasteiger partial charge in [-0.15, -0.1) is 11.6 Å². The topological polar surface area (TPSA) is 9.23 Å². The Morgan fingerprint density at radius 1 is 1.21 bits per heavy atom. The zero-order valence-corrected chi connectivity index (χ0v) is 12.6. The highest BCUT2D eigenvalue weighted by molar-refractivity contribution is 14.1. The molecule has 1 nitrogen and oxygen atoms in total. The molecule has 0 rings (SSSR count). The first-order valence-electron chi connectivity index (χ1n) is 5.09. The first-order valence-corrected chi connectivity index (χ1v) is 7.15. The van der Waals surface area contributed by atoms with Crippen molar-refractivity contribution in [3.8, 4) is 0 Å². The number of alkyl halides is 2. The van der Waals surface area contributed by atoms with E-state index in [1.165, 1.54) is 6.42 Å². The fraction of sp³-hybridized carbons (Fsp3) is 1.00. The summed E-state index contributed by atoms with van der Waals surface area (Å²) >= 11 is 8.17. The standard InChI is InChI=1S/C11H22ClIO/c1-10(2,3)6-5-7-14-11(4,8-12)9-13/h5-9H2,1-4H3. The van der Waals surface area contributed by atoms with Crippen molar-refractivity contribution in [1.82, 2.24) is 0 Å². The van der Waals surface area contributed by atoms with Gasteiger partial charge in [0.2, 0.25) is 0 Å². The second-order valence-electron chi connectivity index (χ2n) is 5.23. The number of rotatable bonds is 6. The van der Waals surface area contributed by atoms with Gasteiger partial charge in [-0.2, -0.15) is 0 Å². The van der Waals surface area contributed by atoms with Gasteiger partial charge >= 0.3 is 0 Å². The largest absolute Gasteiger partial charge is 0.373 e. The maximum Gasteiger partial charge on any atom is 0.0878 e. The van der Waals surface area contributed by atoms with E-state index < -0.39 is 0 Å². The summed E-state index contributed by atoms with van der Waals surface area (Å²) in [6.07, 6.45) is 2.32. The Morgan fingerprint density at radius 3 is 2.14 bits per heavy atom. The third-order valence-corrected chi connectivity index (χ3v) is 4.27. The van der Waals surface area contributed by atoms with E-state index in [2.05, 4.69) is 50.3 Å². The minimum Gasteiger partial charge on any atom is -0.373 e. The Hall–Kier alpha value is 0.980. The van der Waals surface area contributed by atoms with E-state index in [-0.39, 0.29) is 5.60 Å².